The average Bonchev–Trinajstić information content (AvgIpc) is 2.28. The van der Waals surface area contributed by atoms with Gasteiger partial charge in [-0.25, -0.2) is 0 Å². The van der Waals surface area contributed by atoms with Crippen LogP contribution in [0.5, 0.6) is 5.75 Å². The summed E-state index contributed by atoms with van der Waals surface area (Å²) in [6.07, 6.45) is -3.06. The van der Waals surface area contributed by atoms with Gasteiger partial charge in [-0.15, -0.1) is 13.2 Å². The number of hydrogen-bond acceptors (Lipinski definition) is 2. The third kappa shape index (κ3) is 3.23. The molecular weight excluding hydrogens is 243 g/mol. The summed E-state index contributed by atoms with van der Waals surface area (Å²) in [5, 5.41) is 0. The van der Waals surface area contributed by atoms with Gasteiger partial charge in [0.2, 0.25) is 0 Å². The maximum absolute atomic E-state index is 12.1. The highest BCUT2D eigenvalue weighted by atomic mass is 19.4. The molecule has 1 aromatic heterocycles. The number of aryl methyl sites for hydroxylation is 1. The second kappa shape index (κ2) is 4.68. The highest BCUT2D eigenvalue weighted by Crippen LogP contribution is 2.27. The van der Waals surface area contributed by atoms with E-state index in [4.69, 9.17) is 0 Å². The van der Waals surface area contributed by atoms with Gasteiger partial charge >= 0.3 is 6.36 Å². The highest BCUT2D eigenvalue weighted by molar-refractivity contribution is 5.64. The van der Waals surface area contributed by atoms with Crippen LogP contribution in [0, 0.1) is 6.92 Å². The molecule has 0 radical (unpaired) electrons. The van der Waals surface area contributed by atoms with Gasteiger partial charge in [0.1, 0.15) is 5.75 Å². The Hall–Kier alpha value is -2.04. The normalized spacial score (nSPS) is 11.3. The minimum Gasteiger partial charge on any atom is -0.406 e. The van der Waals surface area contributed by atoms with Crippen molar-refractivity contribution < 1.29 is 17.9 Å². The third-order valence-corrected chi connectivity index (χ3v) is 2.31. The summed E-state index contributed by atoms with van der Waals surface area (Å²) in [5.74, 6) is -0.236. The van der Waals surface area contributed by atoms with Gasteiger partial charge in [0, 0.05) is 17.5 Å². The second-order valence-electron chi connectivity index (χ2n) is 3.76. The molecule has 0 aliphatic heterocycles. The number of ether oxygens (including phenoxy) is 1. The van der Waals surface area contributed by atoms with Crippen LogP contribution in [0.4, 0.5) is 13.2 Å². The first-order valence-corrected chi connectivity index (χ1v) is 5.23. The van der Waals surface area contributed by atoms with Gasteiger partial charge in [0.05, 0.1) is 0 Å². The molecule has 0 unspecified atom stereocenters. The van der Waals surface area contributed by atoms with E-state index in [1.165, 1.54) is 18.2 Å². The van der Waals surface area contributed by atoms with E-state index in [0.29, 0.717) is 5.56 Å². The molecule has 0 spiro atoms. The predicted molar refractivity (Wildman–Crippen MR) is 61.1 cm³/mol. The first kappa shape index (κ1) is 12.4. The maximum Gasteiger partial charge on any atom is 0.573 e. The lowest BCUT2D eigenvalue weighted by atomic mass is 10.1. The molecule has 0 aliphatic carbocycles. The fraction of sp³-hybridized carbons (Fsp3) is 0.154. The van der Waals surface area contributed by atoms with Crippen molar-refractivity contribution in [3.63, 3.8) is 0 Å². The minimum atomic E-state index is -4.68. The molecule has 0 fully saturated rings. The SMILES string of the molecule is Cc1ccc(-c2cccc(OC(F)(F)F)c2)cn1. The molecule has 0 aliphatic rings. The summed E-state index contributed by atoms with van der Waals surface area (Å²) in [4.78, 5) is 4.10. The van der Waals surface area contributed by atoms with Crippen molar-refractivity contribution in [3.05, 3.63) is 48.3 Å². The van der Waals surface area contributed by atoms with Gasteiger partial charge in [0.25, 0.3) is 0 Å². The number of rotatable bonds is 2. The van der Waals surface area contributed by atoms with E-state index >= 15 is 0 Å². The van der Waals surface area contributed by atoms with Gasteiger partial charge in [-0.05, 0) is 30.7 Å². The molecule has 2 aromatic rings. The van der Waals surface area contributed by atoms with E-state index in [9.17, 15) is 13.2 Å². The predicted octanol–water partition coefficient (Wildman–Crippen LogP) is 3.96. The van der Waals surface area contributed by atoms with E-state index in [1.807, 2.05) is 6.92 Å². The first-order valence-electron chi connectivity index (χ1n) is 5.23. The lowest BCUT2D eigenvalue weighted by Crippen LogP contribution is -2.17. The van der Waals surface area contributed by atoms with Gasteiger partial charge < -0.3 is 4.74 Å². The number of halogens is 3. The average molecular weight is 253 g/mol. The molecule has 0 bridgehead atoms. The van der Waals surface area contributed by atoms with E-state index in [2.05, 4.69) is 9.72 Å². The molecule has 2 rings (SSSR count). The number of benzene rings is 1. The summed E-state index contributed by atoms with van der Waals surface area (Å²) < 4.78 is 40.1. The Bertz CT molecular complexity index is 535. The zero-order valence-electron chi connectivity index (χ0n) is 9.53. The maximum atomic E-state index is 12.1. The largest absolute Gasteiger partial charge is 0.573 e. The fourth-order valence-corrected chi connectivity index (χ4v) is 1.51. The molecule has 0 saturated carbocycles. The quantitative estimate of drug-likeness (QED) is 0.808. The Kier molecular flexibility index (Phi) is 3.23. The van der Waals surface area contributed by atoms with E-state index in [-0.39, 0.29) is 5.75 Å². The Morgan fingerprint density at radius 1 is 1.06 bits per heavy atom. The Balaban J connectivity index is 2.29. The molecule has 1 aromatic carbocycles. The Morgan fingerprint density at radius 2 is 1.83 bits per heavy atom. The zero-order chi connectivity index (χ0) is 13.2. The van der Waals surface area contributed by atoms with Crippen LogP contribution < -0.4 is 4.74 Å². The van der Waals surface area contributed by atoms with Gasteiger partial charge in [-0.1, -0.05) is 18.2 Å². The zero-order valence-corrected chi connectivity index (χ0v) is 9.53. The second-order valence-corrected chi connectivity index (χ2v) is 3.76. The van der Waals surface area contributed by atoms with Crippen LogP contribution in [0.25, 0.3) is 11.1 Å². The molecule has 18 heavy (non-hydrogen) atoms. The van der Waals surface area contributed by atoms with Crippen molar-refractivity contribution in [2.24, 2.45) is 0 Å². The number of aromatic nitrogens is 1. The molecule has 0 amide bonds. The first-order chi connectivity index (χ1) is 8.44. The summed E-state index contributed by atoms with van der Waals surface area (Å²) in [7, 11) is 0. The number of pyridine rings is 1. The third-order valence-electron chi connectivity index (χ3n) is 2.31. The molecule has 94 valence electrons. The number of alkyl halides is 3. The van der Waals surface area contributed by atoms with E-state index in [0.717, 1.165) is 11.3 Å². The smallest absolute Gasteiger partial charge is 0.406 e. The standard InChI is InChI=1S/C13H10F3NO/c1-9-5-6-11(8-17-9)10-3-2-4-12(7-10)18-13(14,15)16/h2-8H,1H3. The van der Waals surface area contributed by atoms with Crippen molar-refractivity contribution in [2.75, 3.05) is 0 Å². The summed E-state index contributed by atoms with van der Waals surface area (Å²) in [5.41, 5.74) is 2.22. The van der Waals surface area contributed by atoms with Crippen LogP contribution >= 0.6 is 0 Å². The van der Waals surface area contributed by atoms with Crippen LogP contribution in [-0.2, 0) is 0 Å². The van der Waals surface area contributed by atoms with Gasteiger partial charge in [-0.2, -0.15) is 0 Å². The van der Waals surface area contributed by atoms with E-state index in [1.54, 1.807) is 24.4 Å². The van der Waals surface area contributed by atoms with Crippen LogP contribution in [0.3, 0.4) is 0 Å². The van der Waals surface area contributed by atoms with Crippen molar-refractivity contribution in [3.8, 4) is 16.9 Å². The van der Waals surface area contributed by atoms with Crippen molar-refractivity contribution in [1.29, 1.82) is 0 Å². The molecule has 0 N–H and O–H groups in total. The fourth-order valence-electron chi connectivity index (χ4n) is 1.51. The van der Waals surface area contributed by atoms with Crippen LogP contribution in [-0.4, -0.2) is 11.3 Å². The summed E-state index contributed by atoms with van der Waals surface area (Å²) in [6.45, 7) is 1.84. The van der Waals surface area contributed by atoms with Crippen molar-refractivity contribution in [2.45, 2.75) is 13.3 Å². The Morgan fingerprint density at radius 3 is 2.44 bits per heavy atom. The van der Waals surface area contributed by atoms with Gasteiger partial charge in [-0.3, -0.25) is 4.98 Å². The molecule has 1 heterocycles. The van der Waals surface area contributed by atoms with Crippen molar-refractivity contribution in [1.82, 2.24) is 4.98 Å². The lowest BCUT2D eigenvalue weighted by Gasteiger charge is -2.10. The van der Waals surface area contributed by atoms with Crippen LogP contribution in [0.2, 0.25) is 0 Å². The number of nitrogens with zero attached hydrogens (tertiary/aromatic N) is 1. The Labute approximate surface area is 102 Å². The van der Waals surface area contributed by atoms with Crippen LogP contribution in [0.15, 0.2) is 42.6 Å². The monoisotopic (exact) mass is 253 g/mol. The molecule has 5 heteroatoms. The van der Waals surface area contributed by atoms with Crippen LogP contribution in [0.1, 0.15) is 5.69 Å². The molecule has 0 atom stereocenters. The summed E-state index contributed by atoms with van der Waals surface area (Å²) >= 11 is 0. The van der Waals surface area contributed by atoms with Crippen molar-refractivity contribution >= 4 is 0 Å². The number of hydrogen-bond donors (Lipinski definition) is 0. The van der Waals surface area contributed by atoms with Gasteiger partial charge in [0.15, 0.2) is 0 Å². The molecule has 2 nitrogen and oxygen atoms in total. The van der Waals surface area contributed by atoms with E-state index < -0.39 is 6.36 Å². The topological polar surface area (TPSA) is 22.1 Å². The molecule has 0 saturated heterocycles. The lowest BCUT2D eigenvalue weighted by molar-refractivity contribution is -0.274. The minimum absolute atomic E-state index is 0.236. The summed E-state index contributed by atoms with van der Waals surface area (Å²) in [6, 6.07) is 9.41. The highest BCUT2D eigenvalue weighted by Gasteiger charge is 2.31. The molecular formula is C13H10F3NO.